The van der Waals surface area contributed by atoms with Gasteiger partial charge in [0.2, 0.25) is 5.91 Å². The molecule has 0 aliphatic carbocycles. The zero-order chi connectivity index (χ0) is 18.6. The molecule has 0 aliphatic rings. The Morgan fingerprint density at radius 1 is 1.28 bits per heavy atom. The SMILES string of the molecule is COc1ccc(N(CC(=O)Nc2cccc(Cl)c2Cl)C(C)C)cc1F. The highest BCUT2D eigenvalue weighted by molar-refractivity contribution is 6.44. The molecule has 4 nitrogen and oxygen atoms in total. The van der Waals surface area contributed by atoms with Gasteiger partial charge >= 0.3 is 0 Å². The lowest BCUT2D eigenvalue weighted by molar-refractivity contribution is -0.115. The van der Waals surface area contributed by atoms with Crippen molar-refractivity contribution in [3.8, 4) is 5.75 Å². The third kappa shape index (κ3) is 4.77. The van der Waals surface area contributed by atoms with Crippen molar-refractivity contribution in [1.29, 1.82) is 0 Å². The number of carbonyl (C=O) groups is 1. The molecular formula is C18H19Cl2FN2O2. The normalized spacial score (nSPS) is 10.7. The van der Waals surface area contributed by atoms with Crippen molar-refractivity contribution in [1.82, 2.24) is 0 Å². The number of benzene rings is 2. The molecule has 2 rings (SSSR count). The molecule has 2 aromatic carbocycles. The Morgan fingerprint density at radius 2 is 2.00 bits per heavy atom. The number of ether oxygens (including phenoxy) is 1. The van der Waals surface area contributed by atoms with Crippen LogP contribution in [0.5, 0.6) is 5.75 Å². The quantitative estimate of drug-likeness (QED) is 0.762. The number of nitrogens with zero attached hydrogens (tertiary/aromatic N) is 1. The van der Waals surface area contributed by atoms with Crippen molar-refractivity contribution < 1.29 is 13.9 Å². The van der Waals surface area contributed by atoms with Crippen LogP contribution in [0.4, 0.5) is 15.8 Å². The molecule has 0 spiro atoms. The number of nitrogens with one attached hydrogen (secondary N) is 1. The summed E-state index contributed by atoms with van der Waals surface area (Å²) in [7, 11) is 1.40. The van der Waals surface area contributed by atoms with Crippen molar-refractivity contribution in [2.75, 3.05) is 23.9 Å². The van der Waals surface area contributed by atoms with E-state index in [1.165, 1.54) is 19.2 Å². The first-order chi connectivity index (χ1) is 11.8. The molecule has 0 aliphatic heterocycles. The zero-order valence-electron chi connectivity index (χ0n) is 14.1. The number of amides is 1. The number of anilines is 2. The smallest absolute Gasteiger partial charge is 0.243 e. The minimum absolute atomic E-state index is 0.0200. The molecule has 2 aromatic rings. The second kappa shape index (κ2) is 8.41. The van der Waals surface area contributed by atoms with Gasteiger partial charge in [-0.15, -0.1) is 0 Å². The van der Waals surface area contributed by atoms with Crippen molar-refractivity contribution >= 4 is 40.5 Å². The summed E-state index contributed by atoms with van der Waals surface area (Å²) in [4.78, 5) is 14.2. The van der Waals surface area contributed by atoms with Crippen LogP contribution < -0.4 is 15.0 Å². The van der Waals surface area contributed by atoms with Gasteiger partial charge in [-0.05, 0) is 38.1 Å². The zero-order valence-corrected chi connectivity index (χ0v) is 15.7. The average Bonchev–Trinajstić information content (AvgIpc) is 2.56. The van der Waals surface area contributed by atoms with Crippen molar-refractivity contribution in [2.45, 2.75) is 19.9 Å². The van der Waals surface area contributed by atoms with E-state index >= 15 is 0 Å². The molecule has 0 radical (unpaired) electrons. The number of hydrogen-bond acceptors (Lipinski definition) is 3. The molecular weight excluding hydrogens is 366 g/mol. The van der Waals surface area contributed by atoms with E-state index in [2.05, 4.69) is 5.32 Å². The van der Waals surface area contributed by atoms with Crippen LogP contribution in [0.15, 0.2) is 36.4 Å². The first kappa shape index (κ1) is 19.3. The topological polar surface area (TPSA) is 41.6 Å². The van der Waals surface area contributed by atoms with Crippen LogP contribution >= 0.6 is 23.2 Å². The minimum atomic E-state index is -0.482. The maximum atomic E-state index is 14.0. The Hall–Kier alpha value is -1.98. The van der Waals surface area contributed by atoms with Crippen LogP contribution in [-0.4, -0.2) is 25.6 Å². The molecule has 7 heteroatoms. The summed E-state index contributed by atoms with van der Waals surface area (Å²) in [5, 5.41) is 3.37. The Labute approximate surface area is 156 Å². The second-order valence-electron chi connectivity index (χ2n) is 5.69. The van der Waals surface area contributed by atoms with Crippen molar-refractivity contribution in [2.24, 2.45) is 0 Å². The predicted molar refractivity (Wildman–Crippen MR) is 101 cm³/mol. The number of hydrogen-bond donors (Lipinski definition) is 1. The molecule has 0 heterocycles. The molecule has 0 saturated heterocycles. The summed E-state index contributed by atoms with van der Waals surface area (Å²) in [5.74, 6) is -0.611. The monoisotopic (exact) mass is 384 g/mol. The van der Waals surface area contributed by atoms with Gasteiger partial charge in [0.15, 0.2) is 11.6 Å². The van der Waals surface area contributed by atoms with Crippen LogP contribution in [0.3, 0.4) is 0 Å². The van der Waals surface area contributed by atoms with E-state index in [0.29, 0.717) is 16.4 Å². The summed E-state index contributed by atoms with van der Waals surface area (Å²) in [6.07, 6.45) is 0. The van der Waals surface area contributed by atoms with Crippen molar-refractivity contribution in [3.63, 3.8) is 0 Å². The van der Waals surface area contributed by atoms with Crippen LogP contribution in [0.25, 0.3) is 0 Å². The highest BCUT2D eigenvalue weighted by Crippen LogP contribution is 2.30. The van der Waals surface area contributed by atoms with E-state index < -0.39 is 5.82 Å². The summed E-state index contributed by atoms with van der Waals surface area (Å²) in [5.41, 5.74) is 1.02. The van der Waals surface area contributed by atoms with E-state index in [1.807, 2.05) is 13.8 Å². The molecule has 0 bridgehead atoms. The fourth-order valence-electron chi connectivity index (χ4n) is 2.35. The lowest BCUT2D eigenvalue weighted by Gasteiger charge is -2.28. The molecule has 0 atom stereocenters. The molecule has 0 aromatic heterocycles. The van der Waals surface area contributed by atoms with Gasteiger partial charge in [0.1, 0.15) is 0 Å². The van der Waals surface area contributed by atoms with Crippen LogP contribution in [0, 0.1) is 5.82 Å². The molecule has 0 unspecified atom stereocenters. The van der Waals surface area contributed by atoms with E-state index in [1.54, 1.807) is 29.2 Å². The molecule has 1 amide bonds. The Balaban J connectivity index is 2.17. The van der Waals surface area contributed by atoms with Gasteiger partial charge in [-0.1, -0.05) is 29.3 Å². The lowest BCUT2D eigenvalue weighted by atomic mass is 10.2. The fourth-order valence-corrected chi connectivity index (χ4v) is 2.70. The van der Waals surface area contributed by atoms with Crippen LogP contribution in [0.2, 0.25) is 10.0 Å². The molecule has 134 valence electrons. The van der Waals surface area contributed by atoms with Gasteiger partial charge < -0.3 is 15.0 Å². The van der Waals surface area contributed by atoms with Gasteiger partial charge in [-0.3, -0.25) is 4.79 Å². The third-order valence-corrected chi connectivity index (χ3v) is 4.45. The van der Waals surface area contributed by atoms with Crippen LogP contribution in [-0.2, 0) is 4.79 Å². The number of rotatable bonds is 6. The Bertz CT molecular complexity index is 769. The van der Waals surface area contributed by atoms with E-state index in [-0.39, 0.29) is 29.3 Å². The summed E-state index contributed by atoms with van der Waals surface area (Å²) < 4.78 is 18.9. The van der Waals surface area contributed by atoms with Crippen molar-refractivity contribution in [3.05, 3.63) is 52.3 Å². The largest absolute Gasteiger partial charge is 0.494 e. The highest BCUT2D eigenvalue weighted by atomic mass is 35.5. The summed E-state index contributed by atoms with van der Waals surface area (Å²) in [6.45, 7) is 3.87. The maximum absolute atomic E-state index is 14.0. The van der Waals surface area contributed by atoms with E-state index in [0.717, 1.165) is 0 Å². The first-order valence-electron chi connectivity index (χ1n) is 7.67. The third-order valence-electron chi connectivity index (χ3n) is 3.63. The predicted octanol–water partition coefficient (Wildman–Crippen LogP) is 4.99. The lowest BCUT2D eigenvalue weighted by Crippen LogP contribution is -2.38. The summed E-state index contributed by atoms with van der Waals surface area (Å²) >= 11 is 12.0. The summed E-state index contributed by atoms with van der Waals surface area (Å²) in [6, 6.07) is 9.57. The molecule has 0 fully saturated rings. The molecule has 1 N–H and O–H groups in total. The Kier molecular flexibility index (Phi) is 6.51. The van der Waals surface area contributed by atoms with Crippen LogP contribution in [0.1, 0.15) is 13.8 Å². The van der Waals surface area contributed by atoms with Gasteiger partial charge in [0.05, 0.1) is 29.4 Å². The molecule has 25 heavy (non-hydrogen) atoms. The molecule has 0 saturated carbocycles. The number of carbonyl (C=O) groups excluding carboxylic acids is 1. The average molecular weight is 385 g/mol. The maximum Gasteiger partial charge on any atom is 0.243 e. The van der Waals surface area contributed by atoms with Gasteiger partial charge in [-0.25, -0.2) is 4.39 Å². The number of halogens is 3. The van der Waals surface area contributed by atoms with Gasteiger partial charge in [0, 0.05) is 17.8 Å². The minimum Gasteiger partial charge on any atom is -0.494 e. The van der Waals surface area contributed by atoms with E-state index in [4.69, 9.17) is 27.9 Å². The first-order valence-corrected chi connectivity index (χ1v) is 8.43. The standard InChI is InChI=1S/C18H19Cl2FN2O2/c1-11(2)23(12-7-8-16(25-3)14(21)9-12)10-17(24)22-15-6-4-5-13(19)18(15)20/h4-9,11H,10H2,1-3H3,(H,22,24). The second-order valence-corrected chi connectivity index (χ2v) is 6.48. The van der Waals surface area contributed by atoms with Gasteiger partial charge in [-0.2, -0.15) is 0 Å². The van der Waals surface area contributed by atoms with E-state index in [9.17, 15) is 9.18 Å². The Morgan fingerprint density at radius 3 is 2.60 bits per heavy atom. The fraction of sp³-hybridized carbons (Fsp3) is 0.278. The highest BCUT2D eigenvalue weighted by Gasteiger charge is 2.18. The van der Waals surface area contributed by atoms with Gasteiger partial charge in [0.25, 0.3) is 0 Å². The number of methoxy groups -OCH3 is 1.